The van der Waals surface area contributed by atoms with Gasteiger partial charge in [-0.15, -0.1) is 0 Å². The average Bonchev–Trinajstić information content (AvgIpc) is 2.33. The van der Waals surface area contributed by atoms with Crippen LogP contribution < -0.4 is 10.1 Å². The highest BCUT2D eigenvalue weighted by molar-refractivity contribution is 5.41. The molecule has 0 aliphatic rings. The van der Waals surface area contributed by atoms with E-state index in [0.717, 1.165) is 5.56 Å². The van der Waals surface area contributed by atoms with Crippen molar-refractivity contribution < 1.29 is 14.9 Å². The second-order valence-electron chi connectivity index (χ2n) is 4.65. The molecule has 0 heterocycles. The van der Waals surface area contributed by atoms with Crippen molar-refractivity contribution in [3.8, 4) is 11.5 Å². The molecule has 0 amide bonds. The van der Waals surface area contributed by atoms with Gasteiger partial charge in [-0.05, 0) is 30.5 Å². The van der Waals surface area contributed by atoms with Crippen LogP contribution in [0.25, 0.3) is 0 Å². The summed E-state index contributed by atoms with van der Waals surface area (Å²) in [7, 11) is 0. The molecule has 4 nitrogen and oxygen atoms in total. The standard InChI is InChI=1S/C14H23NO3/c1-4-18-14-7-11(5-6-13(14)17)8-15-12(9-16)10(2)3/h5-7,10,12,15-17H,4,8-9H2,1-3H3/t12-/m1/s1. The fourth-order valence-corrected chi connectivity index (χ4v) is 1.70. The molecule has 0 spiro atoms. The van der Waals surface area contributed by atoms with Gasteiger partial charge in [0.15, 0.2) is 11.5 Å². The molecule has 0 radical (unpaired) electrons. The second-order valence-corrected chi connectivity index (χ2v) is 4.65. The lowest BCUT2D eigenvalue weighted by Crippen LogP contribution is -2.36. The van der Waals surface area contributed by atoms with Gasteiger partial charge in [0, 0.05) is 12.6 Å². The molecule has 4 heteroatoms. The largest absolute Gasteiger partial charge is 0.504 e. The third-order valence-electron chi connectivity index (χ3n) is 2.89. The van der Waals surface area contributed by atoms with Crippen molar-refractivity contribution in [3.63, 3.8) is 0 Å². The van der Waals surface area contributed by atoms with E-state index in [0.29, 0.717) is 24.8 Å². The van der Waals surface area contributed by atoms with Crippen molar-refractivity contribution in [2.24, 2.45) is 5.92 Å². The van der Waals surface area contributed by atoms with E-state index >= 15 is 0 Å². The van der Waals surface area contributed by atoms with Gasteiger partial charge in [0.1, 0.15) is 0 Å². The number of benzene rings is 1. The lowest BCUT2D eigenvalue weighted by molar-refractivity contribution is 0.210. The minimum atomic E-state index is 0.0781. The zero-order valence-electron chi connectivity index (χ0n) is 11.3. The van der Waals surface area contributed by atoms with E-state index in [9.17, 15) is 10.2 Å². The summed E-state index contributed by atoms with van der Waals surface area (Å²) in [5.41, 5.74) is 1.02. The number of ether oxygens (including phenoxy) is 1. The second kappa shape index (κ2) is 7.24. The summed E-state index contributed by atoms with van der Waals surface area (Å²) in [5.74, 6) is 1.03. The number of aliphatic hydroxyl groups is 1. The number of aromatic hydroxyl groups is 1. The fourth-order valence-electron chi connectivity index (χ4n) is 1.70. The van der Waals surface area contributed by atoms with Gasteiger partial charge in [-0.3, -0.25) is 0 Å². The van der Waals surface area contributed by atoms with Crippen LogP contribution in [-0.4, -0.2) is 29.5 Å². The molecule has 0 unspecified atom stereocenters. The van der Waals surface area contributed by atoms with Gasteiger partial charge < -0.3 is 20.3 Å². The van der Waals surface area contributed by atoms with Crippen LogP contribution in [0.15, 0.2) is 18.2 Å². The van der Waals surface area contributed by atoms with E-state index in [2.05, 4.69) is 19.2 Å². The van der Waals surface area contributed by atoms with E-state index in [1.54, 1.807) is 6.07 Å². The molecule has 0 bridgehead atoms. The molecule has 0 aliphatic carbocycles. The Balaban J connectivity index is 2.64. The summed E-state index contributed by atoms with van der Waals surface area (Å²) < 4.78 is 5.33. The van der Waals surface area contributed by atoms with Crippen LogP contribution in [0.5, 0.6) is 11.5 Å². The molecular formula is C14H23NO3. The van der Waals surface area contributed by atoms with Gasteiger partial charge in [-0.2, -0.15) is 0 Å². The van der Waals surface area contributed by atoms with Crippen LogP contribution in [0.2, 0.25) is 0 Å². The Morgan fingerprint density at radius 2 is 2.06 bits per heavy atom. The Bertz CT molecular complexity index is 366. The lowest BCUT2D eigenvalue weighted by Gasteiger charge is -2.20. The fraction of sp³-hybridized carbons (Fsp3) is 0.571. The van der Waals surface area contributed by atoms with Crippen LogP contribution in [0, 0.1) is 5.92 Å². The number of nitrogens with one attached hydrogen (secondary N) is 1. The number of phenolic OH excluding ortho intramolecular Hbond substituents is 1. The summed E-state index contributed by atoms with van der Waals surface area (Å²) in [6, 6.07) is 5.38. The number of rotatable bonds is 7. The molecule has 0 aromatic heterocycles. The SMILES string of the molecule is CCOc1cc(CN[C@H](CO)C(C)C)ccc1O. The molecule has 0 saturated heterocycles. The number of aliphatic hydroxyl groups excluding tert-OH is 1. The Kier molecular flexibility index (Phi) is 5.95. The number of phenols is 1. The molecule has 102 valence electrons. The van der Waals surface area contributed by atoms with Crippen molar-refractivity contribution in [1.82, 2.24) is 5.32 Å². The van der Waals surface area contributed by atoms with Gasteiger partial charge in [-0.1, -0.05) is 19.9 Å². The number of hydrogen-bond acceptors (Lipinski definition) is 4. The zero-order chi connectivity index (χ0) is 13.5. The predicted octanol–water partition coefficient (Wildman–Crippen LogP) is 1.90. The summed E-state index contributed by atoms with van der Waals surface area (Å²) in [5, 5.41) is 22.1. The number of hydrogen-bond donors (Lipinski definition) is 3. The maximum atomic E-state index is 9.59. The molecule has 0 saturated carbocycles. The molecule has 1 aromatic carbocycles. The zero-order valence-corrected chi connectivity index (χ0v) is 11.3. The summed E-state index contributed by atoms with van der Waals surface area (Å²) in [6.07, 6.45) is 0. The maximum Gasteiger partial charge on any atom is 0.161 e. The van der Waals surface area contributed by atoms with E-state index in [-0.39, 0.29) is 18.4 Å². The quantitative estimate of drug-likeness (QED) is 0.694. The van der Waals surface area contributed by atoms with Crippen LogP contribution in [0.1, 0.15) is 26.3 Å². The van der Waals surface area contributed by atoms with Gasteiger partial charge in [0.2, 0.25) is 0 Å². The smallest absolute Gasteiger partial charge is 0.161 e. The third-order valence-corrected chi connectivity index (χ3v) is 2.89. The molecule has 0 fully saturated rings. The van der Waals surface area contributed by atoms with Crippen LogP contribution in [0.4, 0.5) is 0 Å². The van der Waals surface area contributed by atoms with E-state index < -0.39 is 0 Å². The minimum Gasteiger partial charge on any atom is -0.504 e. The molecule has 3 N–H and O–H groups in total. The van der Waals surface area contributed by atoms with Crippen LogP contribution in [0.3, 0.4) is 0 Å². The van der Waals surface area contributed by atoms with Crippen LogP contribution >= 0.6 is 0 Å². The first-order valence-corrected chi connectivity index (χ1v) is 6.37. The van der Waals surface area contributed by atoms with Crippen molar-refractivity contribution in [2.75, 3.05) is 13.2 Å². The highest BCUT2D eigenvalue weighted by Gasteiger charge is 2.11. The van der Waals surface area contributed by atoms with Crippen molar-refractivity contribution in [2.45, 2.75) is 33.4 Å². The average molecular weight is 253 g/mol. The molecule has 1 atom stereocenters. The van der Waals surface area contributed by atoms with E-state index in [4.69, 9.17) is 4.74 Å². The Hall–Kier alpha value is -1.26. The molecule has 1 rings (SSSR count). The Morgan fingerprint density at radius 1 is 1.33 bits per heavy atom. The highest BCUT2D eigenvalue weighted by Crippen LogP contribution is 2.26. The third kappa shape index (κ3) is 4.20. The molecular weight excluding hydrogens is 230 g/mol. The highest BCUT2D eigenvalue weighted by atomic mass is 16.5. The summed E-state index contributed by atoms with van der Waals surface area (Å²) in [6.45, 7) is 7.30. The van der Waals surface area contributed by atoms with Gasteiger partial charge in [0.25, 0.3) is 0 Å². The topological polar surface area (TPSA) is 61.7 Å². The van der Waals surface area contributed by atoms with Gasteiger partial charge in [-0.25, -0.2) is 0 Å². The monoisotopic (exact) mass is 253 g/mol. The van der Waals surface area contributed by atoms with Crippen molar-refractivity contribution >= 4 is 0 Å². The Labute approximate surface area is 109 Å². The minimum absolute atomic E-state index is 0.0781. The normalized spacial score (nSPS) is 12.7. The first kappa shape index (κ1) is 14.8. The first-order valence-electron chi connectivity index (χ1n) is 6.37. The van der Waals surface area contributed by atoms with Crippen molar-refractivity contribution in [3.05, 3.63) is 23.8 Å². The summed E-state index contributed by atoms with van der Waals surface area (Å²) >= 11 is 0. The molecule has 18 heavy (non-hydrogen) atoms. The van der Waals surface area contributed by atoms with E-state index in [1.165, 1.54) is 0 Å². The molecule has 0 aliphatic heterocycles. The van der Waals surface area contributed by atoms with Gasteiger partial charge >= 0.3 is 0 Å². The summed E-state index contributed by atoms with van der Waals surface area (Å²) in [4.78, 5) is 0. The maximum absolute atomic E-state index is 9.59. The predicted molar refractivity (Wildman–Crippen MR) is 71.8 cm³/mol. The van der Waals surface area contributed by atoms with E-state index in [1.807, 2.05) is 19.1 Å². The lowest BCUT2D eigenvalue weighted by atomic mass is 10.0. The first-order chi connectivity index (χ1) is 8.58. The van der Waals surface area contributed by atoms with Crippen molar-refractivity contribution in [1.29, 1.82) is 0 Å². The van der Waals surface area contributed by atoms with Crippen LogP contribution in [-0.2, 0) is 6.54 Å². The molecule has 1 aromatic rings. The van der Waals surface area contributed by atoms with Gasteiger partial charge in [0.05, 0.1) is 13.2 Å². The Morgan fingerprint density at radius 3 is 2.61 bits per heavy atom.